The molecule has 1 atom stereocenters. The van der Waals surface area contributed by atoms with Crippen molar-refractivity contribution >= 4 is 15.9 Å². The lowest BCUT2D eigenvalue weighted by Gasteiger charge is -2.29. The molecule has 0 saturated heterocycles. The molecule has 0 aliphatic rings. The number of likely N-dealkylation sites (N-methyl/N-ethyl adjacent to an activating group) is 1. The summed E-state index contributed by atoms with van der Waals surface area (Å²) in [6.45, 7) is 6.66. The van der Waals surface area contributed by atoms with Crippen LogP contribution in [0.2, 0.25) is 0 Å². The minimum atomic E-state index is -0.228. The quantitative estimate of drug-likeness (QED) is 0.873. The summed E-state index contributed by atoms with van der Waals surface area (Å²) in [6, 6.07) is 5.35. The first-order valence-electron chi connectivity index (χ1n) is 6.03. The van der Waals surface area contributed by atoms with Crippen LogP contribution in [0.25, 0.3) is 0 Å². The standard InChI is InChI=1S/C13H20BrFN2/c1-3-7-17(4-2)13(9-16)10-5-6-11(14)12(15)8-10/h5-6,8,13H,3-4,7,9,16H2,1-2H3. The lowest BCUT2D eigenvalue weighted by atomic mass is 10.0. The Balaban J connectivity index is 2.95. The lowest BCUT2D eigenvalue weighted by molar-refractivity contribution is 0.212. The summed E-state index contributed by atoms with van der Waals surface area (Å²) in [4.78, 5) is 2.28. The fraction of sp³-hybridized carbons (Fsp3) is 0.538. The van der Waals surface area contributed by atoms with Crippen molar-refractivity contribution in [2.75, 3.05) is 19.6 Å². The summed E-state index contributed by atoms with van der Waals surface area (Å²) < 4.78 is 14.0. The second-order valence-corrected chi connectivity index (χ2v) is 4.91. The Kier molecular flexibility index (Phi) is 6.09. The SMILES string of the molecule is CCCN(CC)C(CN)c1ccc(Br)c(F)c1. The first-order valence-corrected chi connectivity index (χ1v) is 6.82. The third-order valence-electron chi connectivity index (χ3n) is 2.91. The van der Waals surface area contributed by atoms with Gasteiger partial charge < -0.3 is 5.73 Å². The van der Waals surface area contributed by atoms with Gasteiger partial charge in [0.2, 0.25) is 0 Å². The number of rotatable bonds is 6. The highest BCUT2D eigenvalue weighted by molar-refractivity contribution is 9.10. The molecule has 4 heteroatoms. The molecule has 0 aliphatic carbocycles. The van der Waals surface area contributed by atoms with Crippen molar-refractivity contribution in [3.05, 3.63) is 34.1 Å². The molecule has 0 aliphatic heterocycles. The Labute approximate surface area is 111 Å². The maximum absolute atomic E-state index is 13.5. The first-order chi connectivity index (χ1) is 8.13. The van der Waals surface area contributed by atoms with E-state index in [4.69, 9.17) is 5.73 Å². The van der Waals surface area contributed by atoms with Gasteiger partial charge in [-0.25, -0.2) is 4.39 Å². The molecule has 0 heterocycles. The predicted molar refractivity (Wildman–Crippen MR) is 73.4 cm³/mol. The predicted octanol–water partition coefficient (Wildman–Crippen LogP) is 3.32. The van der Waals surface area contributed by atoms with Crippen LogP contribution in [0.3, 0.4) is 0 Å². The van der Waals surface area contributed by atoms with E-state index in [1.807, 2.05) is 6.07 Å². The van der Waals surface area contributed by atoms with Crippen molar-refractivity contribution < 1.29 is 4.39 Å². The van der Waals surface area contributed by atoms with E-state index in [-0.39, 0.29) is 11.9 Å². The van der Waals surface area contributed by atoms with Crippen molar-refractivity contribution in [3.63, 3.8) is 0 Å². The Bertz CT molecular complexity index is 357. The van der Waals surface area contributed by atoms with Gasteiger partial charge in [0.15, 0.2) is 0 Å². The van der Waals surface area contributed by atoms with E-state index >= 15 is 0 Å². The van der Waals surface area contributed by atoms with E-state index in [9.17, 15) is 4.39 Å². The van der Waals surface area contributed by atoms with Gasteiger partial charge in [-0.3, -0.25) is 4.90 Å². The van der Waals surface area contributed by atoms with Crippen LogP contribution >= 0.6 is 15.9 Å². The molecule has 17 heavy (non-hydrogen) atoms. The van der Waals surface area contributed by atoms with E-state index < -0.39 is 0 Å². The summed E-state index contributed by atoms with van der Waals surface area (Å²) in [7, 11) is 0. The molecule has 1 aromatic carbocycles. The molecular weight excluding hydrogens is 283 g/mol. The molecule has 0 radical (unpaired) electrons. The minimum Gasteiger partial charge on any atom is -0.329 e. The number of nitrogens with zero attached hydrogens (tertiary/aromatic N) is 1. The molecular formula is C13H20BrFN2. The Morgan fingerprint density at radius 1 is 1.41 bits per heavy atom. The third kappa shape index (κ3) is 3.76. The first kappa shape index (κ1) is 14.6. The number of hydrogen-bond acceptors (Lipinski definition) is 2. The van der Waals surface area contributed by atoms with Crippen LogP contribution in [0.5, 0.6) is 0 Å². The average molecular weight is 303 g/mol. The third-order valence-corrected chi connectivity index (χ3v) is 3.55. The van der Waals surface area contributed by atoms with Crippen LogP contribution in [0.4, 0.5) is 4.39 Å². The Morgan fingerprint density at radius 2 is 2.12 bits per heavy atom. The second-order valence-electron chi connectivity index (χ2n) is 4.05. The van der Waals surface area contributed by atoms with Crippen LogP contribution in [-0.4, -0.2) is 24.5 Å². The Morgan fingerprint density at radius 3 is 2.59 bits per heavy atom. The topological polar surface area (TPSA) is 29.3 Å². The van der Waals surface area contributed by atoms with Crippen LogP contribution in [0.1, 0.15) is 31.9 Å². The van der Waals surface area contributed by atoms with E-state index in [0.29, 0.717) is 11.0 Å². The molecule has 0 aromatic heterocycles. The fourth-order valence-electron chi connectivity index (χ4n) is 2.04. The molecule has 0 saturated carbocycles. The van der Waals surface area contributed by atoms with E-state index in [1.54, 1.807) is 12.1 Å². The minimum absolute atomic E-state index is 0.0996. The maximum atomic E-state index is 13.5. The molecule has 1 aromatic rings. The largest absolute Gasteiger partial charge is 0.329 e. The molecule has 2 N–H and O–H groups in total. The van der Waals surface area contributed by atoms with Crippen molar-refractivity contribution in [1.82, 2.24) is 4.90 Å². The van der Waals surface area contributed by atoms with Gasteiger partial charge in [0.05, 0.1) is 4.47 Å². The normalized spacial score (nSPS) is 13.1. The van der Waals surface area contributed by atoms with Gasteiger partial charge in [-0.05, 0) is 53.1 Å². The number of halogens is 2. The van der Waals surface area contributed by atoms with Gasteiger partial charge in [0, 0.05) is 12.6 Å². The Hall–Kier alpha value is -0.450. The summed E-state index contributed by atoms with van der Waals surface area (Å²) in [5, 5.41) is 0. The van der Waals surface area contributed by atoms with Gasteiger partial charge in [0.25, 0.3) is 0 Å². The zero-order valence-electron chi connectivity index (χ0n) is 10.4. The van der Waals surface area contributed by atoms with Crippen LogP contribution in [0.15, 0.2) is 22.7 Å². The van der Waals surface area contributed by atoms with Crippen LogP contribution < -0.4 is 5.73 Å². The summed E-state index contributed by atoms with van der Waals surface area (Å²) >= 11 is 3.17. The van der Waals surface area contributed by atoms with Crippen LogP contribution in [0, 0.1) is 5.82 Å². The van der Waals surface area contributed by atoms with Gasteiger partial charge in [-0.15, -0.1) is 0 Å². The summed E-state index contributed by atoms with van der Waals surface area (Å²) in [6.07, 6.45) is 1.07. The molecule has 0 bridgehead atoms. The number of benzene rings is 1. The van der Waals surface area contributed by atoms with Gasteiger partial charge in [-0.2, -0.15) is 0 Å². The molecule has 0 amide bonds. The molecule has 0 fully saturated rings. The van der Waals surface area contributed by atoms with Crippen molar-refractivity contribution in [2.24, 2.45) is 5.73 Å². The van der Waals surface area contributed by atoms with Gasteiger partial charge in [-0.1, -0.05) is 19.9 Å². The van der Waals surface area contributed by atoms with E-state index in [2.05, 4.69) is 34.7 Å². The van der Waals surface area contributed by atoms with Gasteiger partial charge >= 0.3 is 0 Å². The average Bonchev–Trinajstić information content (AvgIpc) is 2.33. The summed E-state index contributed by atoms with van der Waals surface area (Å²) in [5.41, 5.74) is 6.77. The number of hydrogen-bond donors (Lipinski definition) is 1. The number of nitrogens with two attached hydrogens (primary N) is 1. The maximum Gasteiger partial charge on any atom is 0.137 e. The zero-order valence-corrected chi connectivity index (χ0v) is 12.0. The monoisotopic (exact) mass is 302 g/mol. The molecule has 1 unspecified atom stereocenters. The highest BCUT2D eigenvalue weighted by atomic mass is 79.9. The fourth-order valence-corrected chi connectivity index (χ4v) is 2.28. The molecule has 1 rings (SSSR count). The molecule has 2 nitrogen and oxygen atoms in total. The zero-order chi connectivity index (χ0) is 12.8. The highest BCUT2D eigenvalue weighted by Crippen LogP contribution is 2.24. The summed E-state index contributed by atoms with van der Waals surface area (Å²) in [5.74, 6) is -0.228. The van der Waals surface area contributed by atoms with Crippen molar-refractivity contribution in [3.8, 4) is 0 Å². The second kappa shape index (κ2) is 7.09. The highest BCUT2D eigenvalue weighted by Gasteiger charge is 2.17. The lowest BCUT2D eigenvalue weighted by Crippen LogP contribution is -2.34. The molecule has 0 spiro atoms. The van der Waals surface area contributed by atoms with E-state index in [0.717, 1.165) is 25.1 Å². The van der Waals surface area contributed by atoms with Crippen LogP contribution in [-0.2, 0) is 0 Å². The smallest absolute Gasteiger partial charge is 0.137 e. The molecule has 96 valence electrons. The van der Waals surface area contributed by atoms with Gasteiger partial charge in [0.1, 0.15) is 5.82 Å². The van der Waals surface area contributed by atoms with E-state index in [1.165, 1.54) is 0 Å². The van der Waals surface area contributed by atoms with Crippen molar-refractivity contribution in [1.29, 1.82) is 0 Å². The van der Waals surface area contributed by atoms with Crippen molar-refractivity contribution in [2.45, 2.75) is 26.3 Å².